The van der Waals surface area contributed by atoms with Crippen LogP contribution in [-0.2, 0) is 0 Å². The summed E-state index contributed by atoms with van der Waals surface area (Å²) >= 11 is 0. The fourth-order valence-corrected chi connectivity index (χ4v) is 2.48. The first-order chi connectivity index (χ1) is 11.6. The van der Waals surface area contributed by atoms with Crippen LogP contribution in [-0.4, -0.2) is 32.3 Å². The molecule has 2 N–H and O–H groups in total. The number of carbonyl (C=O) groups is 1. The first kappa shape index (κ1) is 15.9. The maximum Gasteiger partial charge on any atom is 0.251 e. The minimum Gasteiger partial charge on any atom is -0.387 e. The minimum absolute atomic E-state index is 0.164. The van der Waals surface area contributed by atoms with Gasteiger partial charge in [0.15, 0.2) is 0 Å². The van der Waals surface area contributed by atoms with E-state index in [2.05, 4.69) is 15.5 Å². The molecule has 1 aromatic heterocycles. The van der Waals surface area contributed by atoms with E-state index in [0.29, 0.717) is 5.56 Å². The van der Waals surface area contributed by atoms with Gasteiger partial charge >= 0.3 is 0 Å². The predicted octanol–water partition coefficient (Wildman–Crippen LogP) is 2.04. The molecule has 0 spiro atoms. The van der Waals surface area contributed by atoms with Crippen LogP contribution < -0.4 is 5.32 Å². The fraction of sp³-hybridized carbons (Fsp3) is 0.167. The van der Waals surface area contributed by atoms with Crippen LogP contribution in [0.1, 0.15) is 27.6 Å². The zero-order valence-corrected chi connectivity index (χ0v) is 13.3. The number of aliphatic hydroxyl groups excluding tert-OH is 1. The largest absolute Gasteiger partial charge is 0.387 e. The molecule has 3 rings (SSSR count). The van der Waals surface area contributed by atoms with Gasteiger partial charge in [-0.15, -0.1) is 10.2 Å². The van der Waals surface area contributed by atoms with Crippen molar-refractivity contribution in [1.29, 1.82) is 0 Å². The molecule has 1 unspecified atom stereocenters. The zero-order valence-electron chi connectivity index (χ0n) is 13.3. The summed E-state index contributed by atoms with van der Waals surface area (Å²) in [5, 5.41) is 20.5. The average molecular weight is 322 g/mol. The van der Waals surface area contributed by atoms with E-state index in [0.717, 1.165) is 16.8 Å². The summed E-state index contributed by atoms with van der Waals surface area (Å²) in [6, 6.07) is 14.7. The van der Waals surface area contributed by atoms with Crippen molar-refractivity contribution in [3.8, 4) is 5.69 Å². The highest BCUT2D eigenvalue weighted by Gasteiger charge is 2.12. The monoisotopic (exact) mass is 322 g/mol. The number of aryl methyl sites for hydroxylation is 1. The molecule has 1 heterocycles. The Morgan fingerprint density at radius 2 is 1.79 bits per heavy atom. The van der Waals surface area contributed by atoms with E-state index in [1.54, 1.807) is 29.4 Å². The number of benzene rings is 2. The van der Waals surface area contributed by atoms with Crippen molar-refractivity contribution < 1.29 is 9.90 Å². The Labute approximate surface area is 139 Å². The molecule has 24 heavy (non-hydrogen) atoms. The van der Waals surface area contributed by atoms with E-state index in [1.165, 1.54) is 0 Å². The summed E-state index contributed by atoms with van der Waals surface area (Å²) in [5.41, 5.74) is 3.22. The summed E-state index contributed by atoms with van der Waals surface area (Å²) in [6.07, 6.45) is 2.45. The molecule has 2 aromatic carbocycles. The van der Waals surface area contributed by atoms with Crippen LogP contribution in [0.25, 0.3) is 5.69 Å². The molecule has 0 aliphatic carbocycles. The molecule has 0 aliphatic rings. The molecule has 1 atom stereocenters. The van der Waals surface area contributed by atoms with Gasteiger partial charge in [-0.05, 0) is 42.3 Å². The highest BCUT2D eigenvalue weighted by atomic mass is 16.3. The van der Waals surface area contributed by atoms with Crippen molar-refractivity contribution >= 4 is 5.91 Å². The molecule has 6 nitrogen and oxygen atoms in total. The molecular weight excluding hydrogens is 304 g/mol. The molecule has 3 aromatic rings. The Bertz CT molecular complexity index is 813. The number of rotatable bonds is 5. The minimum atomic E-state index is -0.730. The highest BCUT2D eigenvalue weighted by Crippen LogP contribution is 2.16. The number of hydrogen-bond acceptors (Lipinski definition) is 4. The smallest absolute Gasteiger partial charge is 0.251 e. The second-order valence-corrected chi connectivity index (χ2v) is 5.50. The quantitative estimate of drug-likeness (QED) is 0.753. The van der Waals surface area contributed by atoms with E-state index in [9.17, 15) is 9.90 Å². The van der Waals surface area contributed by atoms with Gasteiger partial charge in [-0.1, -0.05) is 24.3 Å². The van der Waals surface area contributed by atoms with Crippen molar-refractivity contribution in [2.75, 3.05) is 6.54 Å². The summed E-state index contributed by atoms with van der Waals surface area (Å²) in [6.45, 7) is 2.10. The van der Waals surface area contributed by atoms with Gasteiger partial charge in [0.1, 0.15) is 12.7 Å². The number of nitrogens with one attached hydrogen (secondary N) is 1. The normalized spacial score (nSPS) is 11.9. The van der Waals surface area contributed by atoms with E-state index < -0.39 is 6.10 Å². The average Bonchev–Trinajstić information content (AvgIpc) is 3.14. The lowest BCUT2D eigenvalue weighted by Crippen LogP contribution is -2.28. The molecule has 0 saturated heterocycles. The SMILES string of the molecule is Cc1ccccc1C(O)CNC(=O)c1ccc(-n2cnnc2)cc1. The Balaban J connectivity index is 1.62. The van der Waals surface area contributed by atoms with Crippen molar-refractivity contribution in [3.63, 3.8) is 0 Å². The van der Waals surface area contributed by atoms with E-state index >= 15 is 0 Å². The van der Waals surface area contributed by atoms with E-state index in [-0.39, 0.29) is 12.5 Å². The molecule has 6 heteroatoms. The number of carbonyl (C=O) groups excluding carboxylic acids is 1. The van der Waals surface area contributed by atoms with Gasteiger partial charge < -0.3 is 10.4 Å². The van der Waals surface area contributed by atoms with Crippen molar-refractivity contribution in [3.05, 3.63) is 77.9 Å². The first-order valence-electron chi connectivity index (χ1n) is 7.62. The molecular formula is C18H18N4O2. The topological polar surface area (TPSA) is 80.0 Å². The maximum absolute atomic E-state index is 12.2. The lowest BCUT2D eigenvalue weighted by Gasteiger charge is -2.14. The number of aromatic nitrogens is 3. The lowest BCUT2D eigenvalue weighted by atomic mass is 10.0. The second-order valence-electron chi connectivity index (χ2n) is 5.50. The molecule has 0 fully saturated rings. The van der Waals surface area contributed by atoms with Crippen LogP contribution in [0.3, 0.4) is 0 Å². The standard InChI is InChI=1S/C18H18N4O2/c1-13-4-2-3-5-16(13)17(23)10-19-18(24)14-6-8-15(9-7-14)22-11-20-21-12-22/h2-9,11-12,17,23H,10H2,1H3,(H,19,24). The van der Waals surface area contributed by atoms with Crippen LogP contribution >= 0.6 is 0 Å². The van der Waals surface area contributed by atoms with Crippen molar-refractivity contribution in [2.24, 2.45) is 0 Å². The number of amides is 1. The molecule has 0 saturated carbocycles. The number of hydrogen-bond donors (Lipinski definition) is 2. The third-order valence-corrected chi connectivity index (χ3v) is 3.85. The molecule has 122 valence electrons. The second kappa shape index (κ2) is 7.06. The van der Waals surface area contributed by atoms with Crippen molar-refractivity contribution in [2.45, 2.75) is 13.0 Å². The van der Waals surface area contributed by atoms with Gasteiger partial charge in [-0.25, -0.2) is 0 Å². The van der Waals surface area contributed by atoms with Gasteiger partial charge in [0.25, 0.3) is 5.91 Å². The third-order valence-electron chi connectivity index (χ3n) is 3.85. The maximum atomic E-state index is 12.2. The van der Waals surface area contributed by atoms with Crippen molar-refractivity contribution in [1.82, 2.24) is 20.1 Å². The Morgan fingerprint density at radius 1 is 1.12 bits per heavy atom. The van der Waals surface area contributed by atoms with Crippen LogP contribution in [0.4, 0.5) is 0 Å². The highest BCUT2D eigenvalue weighted by molar-refractivity contribution is 5.94. The lowest BCUT2D eigenvalue weighted by molar-refractivity contribution is 0.0916. The van der Waals surface area contributed by atoms with E-state index in [1.807, 2.05) is 43.3 Å². The summed E-state index contributed by atoms with van der Waals surface area (Å²) < 4.78 is 1.75. The molecule has 1 amide bonds. The summed E-state index contributed by atoms with van der Waals surface area (Å²) in [5.74, 6) is -0.224. The van der Waals surface area contributed by atoms with E-state index in [4.69, 9.17) is 0 Å². The predicted molar refractivity (Wildman–Crippen MR) is 89.8 cm³/mol. The van der Waals surface area contributed by atoms with Gasteiger partial charge in [-0.2, -0.15) is 0 Å². The van der Waals surface area contributed by atoms with Gasteiger partial charge in [0.2, 0.25) is 0 Å². The number of nitrogens with zero attached hydrogens (tertiary/aromatic N) is 3. The van der Waals surface area contributed by atoms with Crippen LogP contribution in [0.5, 0.6) is 0 Å². The van der Waals surface area contributed by atoms with Crippen LogP contribution in [0.2, 0.25) is 0 Å². The van der Waals surface area contributed by atoms with Crippen LogP contribution in [0.15, 0.2) is 61.2 Å². The van der Waals surface area contributed by atoms with Gasteiger partial charge in [0.05, 0.1) is 6.10 Å². The Kier molecular flexibility index (Phi) is 4.67. The summed E-state index contributed by atoms with van der Waals surface area (Å²) in [7, 11) is 0. The first-order valence-corrected chi connectivity index (χ1v) is 7.62. The Hall–Kier alpha value is -2.99. The molecule has 0 bridgehead atoms. The molecule has 0 aliphatic heterocycles. The summed E-state index contributed by atoms with van der Waals surface area (Å²) in [4.78, 5) is 12.2. The molecule has 0 radical (unpaired) electrons. The van der Waals surface area contributed by atoms with Gasteiger partial charge in [0, 0.05) is 17.8 Å². The Morgan fingerprint density at radius 3 is 2.46 bits per heavy atom. The van der Waals surface area contributed by atoms with Crippen LogP contribution in [0, 0.1) is 6.92 Å². The van der Waals surface area contributed by atoms with Gasteiger partial charge in [-0.3, -0.25) is 9.36 Å². The third kappa shape index (κ3) is 3.49. The fourth-order valence-electron chi connectivity index (χ4n) is 2.48. The number of aliphatic hydroxyl groups is 1. The zero-order chi connectivity index (χ0) is 16.9.